The largest absolute Gasteiger partial charge is 0.356 e. The molecule has 0 radical (unpaired) electrons. The quantitative estimate of drug-likeness (QED) is 0.684. The van der Waals surface area contributed by atoms with E-state index in [1.54, 1.807) is 6.20 Å². The summed E-state index contributed by atoms with van der Waals surface area (Å²) in [6.45, 7) is 5.97. The average Bonchev–Trinajstić information content (AvgIpc) is 3.00. The first-order valence-electron chi connectivity index (χ1n) is 7.11. The lowest BCUT2D eigenvalue weighted by atomic mass is 10.3. The van der Waals surface area contributed by atoms with Gasteiger partial charge in [0, 0.05) is 31.4 Å². The van der Waals surface area contributed by atoms with Crippen molar-refractivity contribution in [1.29, 1.82) is 0 Å². The summed E-state index contributed by atoms with van der Waals surface area (Å²) in [5.74, 6) is 0.0466. The van der Waals surface area contributed by atoms with Crippen LogP contribution in [0.2, 0.25) is 0 Å². The number of aryl methyl sites for hydroxylation is 3. The number of carbonyl (C=O) groups excluding carboxylic acids is 1. The molecule has 0 aliphatic rings. The summed E-state index contributed by atoms with van der Waals surface area (Å²) in [6.07, 6.45) is 4.96. The molecule has 0 unspecified atom stereocenters. The van der Waals surface area contributed by atoms with E-state index in [1.807, 2.05) is 29.4 Å². The van der Waals surface area contributed by atoms with Gasteiger partial charge in [-0.3, -0.25) is 14.2 Å². The Hall–Kier alpha value is -1.15. The molecule has 1 N–H and O–H groups in total. The number of hydrogen-bond acceptors (Lipinski definition) is 3. The van der Waals surface area contributed by atoms with Crippen molar-refractivity contribution in [3.63, 3.8) is 0 Å². The summed E-state index contributed by atoms with van der Waals surface area (Å²) in [6, 6.07) is 0. The van der Waals surface area contributed by atoms with Gasteiger partial charge in [0.15, 0.2) is 0 Å². The van der Waals surface area contributed by atoms with Crippen molar-refractivity contribution in [2.24, 2.45) is 0 Å². The van der Waals surface area contributed by atoms with E-state index >= 15 is 0 Å². The van der Waals surface area contributed by atoms with Gasteiger partial charge >= 0.3 is 0 Å². The molecule has 0 fully saturated rings. The van der Waals surface area contributed by atoms with Crippen LogP contribution in [0.4, 0.5) is 0 Å². The zero-order valence-corrected chi connectivity index (χ0v) is 15.8. The molecule has 8 heteroatoms. The molecule has 0 aliphatic heterocycles. The molecule has 1 amide bonds. The normalized spacial score (nSPS) is 10.9. The first-order valence-corrected chi connectivity index (χ1v) is 8.70. The maximum absolute atomic E-state index is 11.8. The van der Waals surface area contributed by atoms with Crippen LogP contribution < -0.4 is 5.32 Å². The molecule has 0 atom stereocenters. The van der Waals surface area contributed by atoms with Gasteiger partial charge in [-0.1, -0.05) is 0 Å². The Labute approximate surface area is 146 Å². The SMILES string of the molecule is Cc1nn(CCC(=O)NCCCn2cc(Br)cn2)c(C)c1Br. The molecule has 2 aromatic rings. The van der Waals surface area contributed by atoms with Crippen molar-refractivity contribution < 1.29 is 4.79 Å². The van der Waals surface area contributed by atoms with Crippen molar-refractivity contribution >= 4 is 37.8 Å². The summed E-state index contributed by atoms with van der Waals surface area (Å²) in [7, 11) is 0. The molecule has 2 heterocycles. The van der Waals surface area contributed by atoms with E-state index < -0.39 is 0 Å². The number of aromatic nitrogens is 4. The maximum Gasteiger partial charge on any atom is 0.221 e. The van der Waals surface area contributed by atoms with Crippen LogP contribution in [-0.2, 0) is 17.9 Å². The fourth-order valence-electron chi connectivity index (χ4n) is 2.12. The van der Waals surface area contributed by atoms with Crippen molar-refractivity contribution in [2.75, 3.05) is 6.54 Å². The minimum absolute atomic E-state index is 0.0466. The molecular formula is C14H19Br2N5O. The Balaban J connectivity index is 1.66. The molecule has 0 aliphatic carbocycles. The third-order valence-electron chi connectivity index (χ3n) is 3.33. The first kappa shape index (κ1) is 17.2. The van der Waals surface area contributed by atoms with Gasteiger partial charge in [-0.05, 0) is 52.1 Å². The molecule has 2 rings (SSSR count). The van der Waals surface area contributed by atoms with Crippen LogP contribution in [0.5, 0.6) is 0 Å². The van der Waals surface area contributed by atoms with Crippen molar-refractivity contribution in [1.82, 2.24) is 24.9 Å². The lowest BCUT2D eigenvalue weighted by Crippen LogP contribution is -2.26. The van der Waals surface area contributed by atoms with Gasteiger partial charge in [-0.15, -0.1) is 0 Å². The second-order valence-electron chi connectivity index (χ2n) is 5.08. The lowest BCUT2D eigenvalue weighted by molar-refractivity contribution is -0.121. The predicted octanol–water partition coefficient (Wildman–Crippen LogP) is 2.82. The number of halogens is 2. The fourth-order valence-corrected chi connectivity index (χ4v) is 2.73. The summed E-state index contributed by atoms with van der Waals surface area (Å²) in [4.78, 5) is 11.8. The summed E-state index contributed by atoms with van der Waals surface area (Å²) in [5.41, 5.74) is 2.00. The molecule has 6 nitrogen and oxygen atoms in total. The summed E-state index contributed by atoms with van der Waals surface area (Å²) < 4.78 is 5.69. The highest BCUT2D eigenvalue weighted by atomic mass is 79.9. The molecule has 0 saturated carbocycles. The number of nitrogens with zero attached hydrogens (tertiary/aromatic N) is 4. The highest BCUT2D eigenvalue weighted by Gasteiger charge is 2.09. The standard InChI is InChI=1S/C14H19Br2N5O/c1-10-14(16)11(2)21(19-10)7-4-13(22)17-5-3-6-20-9-12(15)8-18-20/h8-9H,3-7H2,1-2H3,(H,17,22). The lowest BCUT2D eigenvalue weighted by Gasteiger charge is -2.07. The molecule has 0 spiro atoms. The van der Waals surface area contributed by atoms with Crippen LogP contribution in [0.1, 0.15) is 24.2 Å². The molecular weight excluding hydrogens is 414 g/mol. The number of nitrogens with one attached hydrogen (secondary N) is 1. The predicted molar refractivity (Wildman–Crippen MR) is 91.6 cm³/mol. The monoisotopic (exact) mass is 431 g/mol. The van der Waals surface area contributed by atoms with Gasteiger partial charge in [0.05, 0.1) is 27.4 Å². The summed E-state index contributed by atoms with van der Waals surface area (Å²) >= 11 is 6.84. The second kappa shape index (κ2) is 7.92. The van der Waals surface area contributed by atoms with Crippen LogP contribution >= 0.6 is 31.9 Å². The Kier molecular flexibility index (Phi) is 6.19. The molecule has 2 aromatic heterocycles. The Morgan fingerprint density at radius 2 is 2.09 bits per heavy atom. The van der Waals surface area contributed by atoms with Gasteiger partial charge in [0.2, 0.25) is 5.91 Å². The molecule has 0 saturated heterocycles. The number of rotatable bonds is 7. The van der Waals surface area contributed by atoms with Crippen LogP contribution in [0.15, 0.2) is 21.3 Å². The van der Waals surface area contributed by atoms with Crippen LogP contribution in [0.25, 0.3) is 0 Å². The summed E-state index contributed by atoms with van der Waals surface area (Å²) in [5, 5.41) is 11.5. The highest BCUT2D eigenvalue weighted by Crippen LogP contribution is 2.19. The first-order chi connectivity index (χ1) is 10.5. The van der Waals surface area contributed by atoms with Crippen molar-refractivity contribution in [2.45, 2.75) is 39.8 Å². The van der Waals surface area contributed by atoms with Gasteiger partial charge < -0.3 is 5.32 Å². The third kappa shape index (κ3) is 4.67. The van der Waals surface area contributed by atoms with Crippen molar-refractivity contribution in [3.05, 3.63) is 32.7 Å². The maximum atomic E-state index is 11.8. The number of carbonyl (C=O) groups is 1. The zero-order valence-electron chi connectivity index (χ0n) is 12.6. The number of amides is 1. The Morgan fingerprint density at radius 1 is 1.32 bits per heavy atom. The minimum Gasteiger partial charge on any atom is -0.356 e. The highest BCUT2D eigenvalue weighted by molar-refractivity contribution is 9.10. The third-order valence-corrected chi connectivity index (χ3v) is 4.89. The van der Waals surface area contributed by atoms with E-state index in [0.29, 0.717) is 19.5 Å². The van der Waals surface area contributed by atoms with Crippen molar-refractivity contribution in [3.8, 4) is 0 Å². The van der Waals surface area contributed by atoms with Gasteiger partial charge in [0.1, 0.15) is 0 Å². The Morgan fingerprint density at radius 3 is 2.68 bits per heavy atom. The van der Waals surface area contributed by atoms with E-state index in [9.17, 15) is 4.79 Å². The topological polar surface area (TPSA) is 64.7 Å². The smallest absolute Gasteiger partial charge is 0.221 e. The molecule has 120 valence electrons. The van der Waals surface area contributed by atoms with E-state index in [-0.39, 0.29) is 5.91 Å². The molecule has 0 bridgehead atoms. The van der Waals surface area contributed by atoms with Crippen LogP contribution in [-0.4, -0.2) is 32.0 Å². The minimum atomic E-state index is 0.0466. The van der Waals surface area contributed by atoms with Crippen LogP contribution in [0, 0.1) is 13.8 Å². The Bertz CT molecular complexity index is 650. The van der Waals surface area contributed by atoms with E-state index in [4.69, 9.17) is 0 Å². The van der Waals surface area contributed by atoms with Crippen LogP contribution in [0.3, 0.4) is 0 Å². The number of hydrogen-bond donors (Lipinski definition) is 1. The van der Waals surface area contributed by atoms with E-state index in [0.717, 1.165) is 33.3 Å². The second-order valence-corrected chi connectivity index (χ2v) is 6.79. The van der Waals surface area contributed by atoms with Gasteiger partial charge in [-0.25, -0.2) is 0 Å². The fraction of sp³-hybridized carbons (Fsp3) is 0.500. The molecule has 22 heavy (non-hydrogen) atoms. The molecule has 0 aromatic carbocycles. The van der Waals surface area contributed by atoms with E-state index in [1.165, 1.54) is 0 Å². The van der Waals surface area contributed by atoms with Gasteiger partial charge in [-0.2, -0.15) is 10.2 Å². The van der Waals surface area contributed by atoms with E-state index in [2.05, 4.69) is 47.4 Å². The van der Waals surface area contributed by atoms with Gasteiger partial charge in [0.25, 0.3) is 0 Å². The zero-order chi connectivity index (χ0) is 16.1. The average molecular weight is 433 g/mol.